The zero-order valence-electron chi connectivity index (χ0n) is 10.2. The lowest BCUT2D eigenvalue weighted by molar-refractivity contribution is -0.136. The maximum atomic E-state index is 11.4. The van der Waals surface area contributed by atoms with Crippen LogP contribution in [-0.2, 0) is 9.53 Å². The van der Waals surface area contributed by atoms with Crippen molar-refractivity contribution in [2.75, 3.05) is 26.8 Å². The predicted molar refractivity (Wildman–Crippen MR) is 63.9 cm³/mol. The molecule has 17 heavy (non-hydrogen) atoms. The summed E-state index contributed by atoms with van der Waals surface area (Å²) in [7, 11) is 1.64. The fourth-order valence-electron chi connectivity index (χ4n) is 2.06. The molecule has 1 saturated heterocycles. The van der Waals surface area contributed by atoms with Crippen LogP contribution in [0.4, 0.5) is 0 Å². The molecule has 1 unspecified atom stereocenters. The van der Waals surface area contributed by atoms with Crippen LogP contribution in [0, 0.1) is 0 Å². The van der Waals surface area contributed by atoms with E-state index in [9.17, 15) is 4.79 Å². The van der Waals surface area contributed by atoms with Gasteiger partial charge in [-0.2, -0.15) is 0 Å². The van der Waals surface area contributed by atoms with Gasteiger partial charge in [0.05, 0.1) is 20.3 Å². The number of morpholine rings is 1. The molecular formula is C13H17NO3. The summed E-state index contributed by atoms with van der Waals surface area (Å²) >= 11 is 0. The maximum Gasteiger partial charge on any atom is 0.219 e. The molecular weight excluding hydrogens is 218 g/mol. The van der Waals surface area contributed by atoms with Crippen molar-refractivity contribution in [3.05, 3.63) is 29.8 Å². The number of hydrogen-bond acceptors (Lipinski definition) is 3. The number of rotatable bonds is 2. The Kier molecular flexibility index (Phi) is 3.64. The number of benzene rings is 1. The second-order valence-corrected chi connectivity index (χ2v) is 4.07. The van der Waals surface area contributed by atoms with E-state index in [1.54, 1.807) is 18.9 Å². The average molecular weight is 235 g/mol. The van der Waals surface area contributed by atoms with Crippen LogP contribution in [0.5, 0.6) is 5.75 Å². The van der Waals surface area contributed by atoms with Crippen LogP contribution in [0.2, 0.25) is 0 Å². The van der Waals surface area contributed by atoms with Gasteiger partial charge in [0.15, 0.2) is 0 Å². The lowest BCUT2D eigenvalue weighted by atomic mass is 10.1. The van der Waals surface area contributed by atoms with Gasteiger partial charge in [-0.1, -0.05) is 18.2 Å². The van der Waals surface area contributed by atoms with Crippen molar-refractivity contribution in [3.63, 3.8) is 0 Å². The Morgan fingerprint density at radius 1 is 1.47 bits per heavy atom. The minimum atomic E-state index is -0.0937. The van der Waals surface area contributed by atoms with E-state index in [4.69, 9.17) is 9.47 Å². The summed E-state index contributed by atoms with van der Waals surface area (Å²) in [5.41, 5.74) is 1.00. The van der Waals surface area contributed by atoms with Gasteiger partial charge < -0.3 is 14.4 Å². The first-order valence-corrected chi connectivity index (χ1v) is 5.72. The fourth-order valence-corrected chi connectivity index (χ4v) is 2.06. The molecule has 1 aromatic carbocycles. The zero-order valence-corrected chi connectivity index (χ0v) is 10.2. The van der Waals surface area contributed by atoms with Crippen LogP contribution >= 0.6 is 0 Å². The number of carbonyl (C=O) groups is 1. The van der Waals surface area contributed by atoms with E-state index in [0.717, 1.165) is 11.3 Å². The lowest BCUT2D eigenvalue weighted by Gasteiger charge is -2.33. The molecule has 0 N–H and O–H groups in total. The minimum Gasteiger partial charge on any atom is -0.496 e. The van der Waals surface area contributed by atoms with Crippen LogP contribution in [0.3, 0.4) is 0 Å². The van der Waals surface area contributed by atoms with E-state index >= 15 is 0 Å². The quantitative estimate of drug-likeness (QED) is 0.781. The van der Waals surface area contributed by atoms with E-state index in [2.05, 4.69) is 0 Å². The number of ether oxygens (including phenoxy) is 2. The Balaban J connectivity index is 2.18. The van der Waals surface area contributed by atoms with Gasteiger partial charge in [-0.15, -0.1) is 0 Å². The highest BCUT2D eigenvalue weighted by Crippen LogP contribution is 2.29. The van der Waals surface area contributed by atoms with Crippen LogP contribution in [0.1, 0.15) is 18.6 Å². The van der Waals surface area contributed by atoms with Crippen molar-refractivity contribution in [2.45, 2.75) is 13.0 Å². The molecule has 0 aliphatic carbocycles. The van der Waals surface area contributed by atoms with Gasteiger partial charge in [0.25, 0.3) is 0 Å². The second-order valence-electron chi connectivity index (χ2n) is 4.07. The molecule has 1 amide bonds. The fraction of sp³-hybridized carbons (Fsp3) is 0.462. The summed E-state index contributed by atoms with van der Waals surface area (Å²) in [6.07, 6.45) is -0.0937. The molecule has 1 aliphatic heterocycles. The topological polar surface area (TPSA) is 38.8 Å². The molecule has 1 heterocycles. The third-order valence-electron chi connectivity index (χ3n) is 3.00. The van der Waals surface area contributed by atoms with Gasteiger partial charge in [0.1, 0.15) is 11.9 Å². The van der Waals surface area contributed by atoms with Gasteiger partial charge in [-0.3, -0.25) is 4.79 Å². The summed E-state index contributed by atoms with van der Waals surface area (Å²) < 4.78 is 11.0. The van der Waals surface area contributed by atoms with Crippen molar-refractivity contribution >= 4 is 5.91 Å². The predicted octanol–water partition coefficient (Wildman–Crippen LogP) is 1.61. The largest absolute Gasteiger partial charge is 0.496 e. The summed E-state index contributed by atoms with van der Waals surface area (Å²) in [5, 5.41) is 0. The zero-order chi connectivity index (χ0) is 12.3. The van der Waals surface area contributed by atoms with Crippen molar-refractivity contribution in [1.82, 2.24) is 4.90 Å². The number of hydrogen-bond donors (Lipinski definition) is 0. The SMILES string of the molecule is COc1ccccc1C1CN(C(C)=O)CCO1. The normalized spacial score (nSPS) is 20.1. The Morgan fingerprint density at radius 2 is 2.24 bits per heavy atom. The van der Waals surface area contributed by atoms with E-state index in [1.165, 1.54) is 0 Å². The molecule has 0 bridgehead atoms. The Labute approximate surface area is 101 Å². The van der Waals surface area contributed by atoms with E-state index < -0.39 is 0 Å². The Hall–Kier alpha value is -1.55. The van der Waals surface area contributed by atoms with Crippen LogP contribution in [0.15, 0.2) is 24.3 Å². The average Bonchev–Trinajstić information content (AvgIpc) is 2.39. The summed E-state index contributed by atoms with van der Waals surface area (Å²) in [4.78, 5) is 13.2. The number of carbonyl (C=O) groups excluding carboxylic acids is 1. The molecule has 0 saturated carbocycles. The highest BCUT2D eigenvalue weighted by atomic mass is 16.5. The van der Waals surface area contributed by atoms with Gasteiger partial charge in [0, 0.05) is 19.0 Å². The summed E-state index contributed by atoms with van der Waals surface area (Å²) in [5.74, 6) is 0.899. The van der Waals surface area contributed by atoms with Gasteiger partial charge >= 0.3 is 0 Å². The smallest absolute Gasteiger partial charge is 0.219 e. The molecule has 92 valence electrons. The highest BCUT2D eigenvalue weighted by molar-refractivity contribution is 5.73. The molecule has 1 fully saturated rings. The number of methoxy groups -OCH3 is 1. The van der Waals surface area contributed by atoms with Crippen molar-refractivity contribution in [3.8, 4) is 5.75 Å². The Bertz CT molecular complexity index is 405. The van der Waals surface area contributed by atoms with Gasteiger partial charge in [-0.05, 0) is 6.07 Å². The van der Waals surface area contributed by atoms with Crippen LogP contribution < -0.4 is 4.74 Å². The molecule has 0 spiro atoms. The maximum absolute atomic E-state index is 11.4. The first kappa shape index (κ1) is 11.9. The minimum absolute atomic E-state index is 0.0909. The summed E-state index contributed by atoms with van der Waals surface area (Å²) in [6.45, 7) is 3.42. The molecule has 0 radical (unpaired) electrons. The Morgan fingerprint density at radius 3 is 2.94 bits per heavy atom. The first-order valence-electron chi connectivity index (χ1n) is 5.72. The first-order chi connectivity index (χ1) is 8.22. The van der Waals surface area contributed by atoms with Gasteiger partial charge in [-0.25, -0.2) is 0 Å². The van der Waals surface area contributed by atoms with Crippen molar-refractivity contribution < 1.29 is 14.3 Å². The third kappa shape index (κ3) is 2.58. The molecule has 4 heteroatoms. The van der Waals surface area contributed by atoms with Crippen molar-refractivity contribution in [1.29, 1.82) is 0 Å². The second kappa shape index (κ2) is 5.19. The lowest BCUT2D eigenvalue weighted by Crippen LogP contribution is -2.41. The molecule has 4 nitrogen and oxygen atoms in total. The molecule has 2 rings (SSSR count). The number of para-hydroxylation sites is 1. The van der Waals surface area contributed by atoms with E-state index in [0.29, 0.717) is 19.7 Å². The molecule has 0 aromatic heterocycles. The molecule has 1 aliphatic rings. The standard InChI is InChI=1S/C13H17NO3/c1-10(15)14-7-8-17-13(9-14)11-5-3-4-6-12(11)16-2/h3-6,13H,7-9H2,1-2H3. The third-order valence-corrected chi connectivity index (χ3v) is 3.00. The van der Waals surface area contributed by atoms with Crippen LogP contribution in [-0.4, -0.2) is 37.6 Å². The van der Waals surface area contributed by atoms with E-state index in [-0.39, 0.29) is 12.0 Å². The van der Waals surface area contributed by atoms with Crippen molar-refractivity contribution in [2.24, 2.45) is 0 Å². The molecule has 1 atom stereocenters. The summed E-state index contributed by atoms with van der Waals surface area (Å²) in [6, 6.07) is 7.76. The van der Waals surface area contributed by atoms with Crippen LogP contribution in [0.25, 0.3) is 0 Å². The number of nitrogens with zero attached hydrogens (tertiary/aromatic N) is 1. The monoisotopic (exact) mass is 235 g/mol. The number of amides is 1. The molecule has 1 aromatic rings. The van der Waals surface area contributed by atoms with Gasteiger partial charge in [0.2, 0.25) is 5.91 Å². The van der Waals surface area contributed by atoms with E-state index in [1.807, 2.05) is 24.3 Å². The highest BCUT2D eigenvalue weighted by Gasteiger charge is 2.25.